The molecule has 4 rings (SSSR count). The van der Waals surface area contributed by atoms with E-state index in [0.717, 1.165) is 4.88 Å². The molecule has 0 saturated heterocycles. The number of primary amides is 1. The standard InChI is InChI=1S/C18H12N6OS/c19-8-10-6-9(3-4-12(10)20)13-7-11(17(21)25)15-16(14-2-1-5-26-14)23-24-18(15)22-13/h1-7H,20H2,(H2,21,25)(H,22,23,24). The summed E-state index contributed by atoms with van der Waals surface area (Å²) >= 11 is 1.51. The molecule has 0 aliphatic rings. The minimum Gasteiger partial charge on any atom is -0.398 e. The number of rotatable bonds is 3. The molecule has 5 N–H and O–H groups in total. The van der Waals surface area contributed by atoms with E-state index in [2.05, 4.69) is 15.2 Å². The molecule has 3 heterocycles. The lowest BCUT2D eigenvalue weighted by atomic mass is 10.0. The Kier molecular flexibility index (Phi) is 3.64. The van der Waals surface area contributed by atoms with Crippen molar-refractivity contribution in [2.24, 2.45) is 5.73 Å². The molecule has 4 aromatic rings. The van der Waals surface area contributed by atoms with Gasteiger partial charge in [0, 0.05) is 11.3 Å². The van der Waals surface area contributed by atoms with Gasteiger partial charge in [0.05, 0.1) is 27.1 Å². The van der Waals surface area contributed by atoms with E-state index in [4.69, 9.17) is 11.5 Å². The van der Waals surface area contributed by atoms with E-state index >= 15 is 0 Å². The molecule has 0 atom stereocenters. The van der Waals surface area contributed by atoms with Gasteiger partial charge in [-0.1, -0.05) is 12.1 Å². The Morgan fingerprint density at radius 3 is 2.81 bits per heavy atom. The third kappa shape index (κ3) is 2.47. The van der Waals surface area contributed by atoms with Gasteiger partial charge in [-0.05, 0) is 29.6 Å². The van der Waals surface area contributed by atoms with Crippen molar-refractivity contribution in [3.05, 3.63) is 52.9 Å². The summed E-state index contributed by atoms with van der Waals surface area (Å²) in [6.07, 6.45) is 0. The topological polar surface area (TPSA) is 134 Å². The van der Waals surface area contributed by atoms with Crippen LogP contribution in [0.15, 0.2) is 41.8 Å². The van der Waals surface area contributed by atoms with E-state index in [1.807, 2.05) is 23.6 Å². The fraction of sp³-hybridized carbons (Fsp3) is 0. The third-order valence-electron chi connectivity index (χ3n) is 4.02. The first-order chi connectivity index (χ1) is 12.6. The molecule has 7 nitrogen and oxygen atoms in total. The zero-order valence-electron chi connectivity index (χ0n) is 13.4. The molecule has 0 aliphatic carbocycles. The van der Waals surface area contributed by atoms with E-state index in [0.29, 0.717) is 44.8 Å². The van der Waals surface area contributed by atoms with Crippen LogP contribution in [0, 0.1) is 11.3 Å². The number of nitriles is 1. The molecule has 0 aliphatic heterocycles. The van der Waals surface area contributed by atoms with Crippen molar-refractivity contribution in [3.8, 4) is 27.9 Å². The van der Waals surface area contributed by atoms with E-state index < -0.39 is 5.91 Å². The third-order valence-corrected chi connectivity index (χ3v) is 4.90. The average molecular weight is 360 g/mol. The molecule has 26 heavy (non-hydrogen) atoms. The first kappa shape index (κ1) is 15.8. The second kappa shape index (κ2) is 5.98. The van der Waals surface area contributed by atoms with Gasteiger partial charge >= 0.3 is 0 Å². The number of aromatic nitrogens is 3. The van der Waals surface area contributed by atoms with Crippen LogP contribution in [0.4, 0.5) is 5.69 Å². The fourth-order valence-electron chi connectivity index (χ4n) is 2.78. The second-order valence-corrected chi connectivity index (χ2v) is 6.55. The lowest BCUT2D eigenvalue weighted by molar-refractivity contribution is 0.100. The van der Waals surface area contributed by atoms with Crippen molar-refractivity contribution in [1.29, 1.82) is 5.26 Å². The molecular formula is C18H12N6OS. The van der Waals surface area contributed by atoms with Gasteiger partial charge in [0.2, 0.25) is 5.91 Å². The number of H-pyrrole nitrogens is 1. The predicted molar refractivity (Wildman–Crippen MR) is 100 cm³/mol. The molecule has 8 heteroatoms. The molecule has 0 bridgehead atoms. The Labute approximate surface area is 151 Å². The van der Waals surface area contributed by atoms with Gasteiger partial charge in [0.25, 0.3) is 0 Å². The van der Waals surface area contributed by atoms with Crippen molar-refractivity contribution >= 4 is 34.0 Å². The summed E-state index contributed by atoms with van der Waals surface area (Å²) in [5, 5.41) is 18.9. The van der Waals surface area contributed by atoms with Crippen molar-refractivity contribution < 1.29 is 4.79 Å². The highest BCUT2D eigenvalue weighted by atomic mass is 32.1. The number of anilines is 1. The number of nitrogens with one attached hydrogen (secondary N) is 1. The lowest BCUT2D eigenvalue weighted by Crippen LogP contribution is -2.12. The van der Waals surface area contributed by atoms with Gasteiger partial charge in [-0.3, -0.25) is 9.89 Å². The van der Waals surface area contributed by atoms with Gasteiger partial charge in [-0.15, -0.1) is 11.3 Å². The monoisotopic (exact) mass is 360 g/mol. The summed E-state index contributed by atoms with van der Waals surface area (Å²) in [5.74, 6) is -0.575. The zero-order chi connectivity index (χ0) is 18.3. The molecule has 0 spiro atoms. The summed E-state index contributed by atoms with van der Waals surface area (Å²) in [7, 11) is 0. The van der Waals surface area contributed by atoms with Crippen LogP contribution in [0.25, 0.3) is 32.9 Å². The van der Waals surface area contributed by atoms with Crippen LogP contribution in [0.2, 0.25) is 0 Å². The molecule has 1 aromatic carbocycles. The van der Waals surface area contributed by atoms with Crippen LogP contribution in [0.1, 0.15) is 15.9 Å². The van der Waals surface area contributed by atoms with Gasteiger partial charge in [-0.25, -0.2) is 4.98 Å². The Hall–Kier alpha value is -3.70. The summed E-state index contributed by atoms with van der Waals surface area (Å²) in [4.78, 5) is 17.5. The molecule has 0 fully saturated rings. The fourth-order valence-corrected chi connectivity index (χ4v) is 3.50. The number of hydrogen-bond acceptors (Lipinski definition) is 6. The number of aromatic amines is 1. The number of nitrogens with zero attached hydrogens (tertiary/aromatic N) is 3. The average Bonchev–Trinajstić information content (AvgIpc) is 3.30. The zero-order valence-corrected chi connectivity index (χ0v) is 14.2. The highest BCUT2D eigenvalue weighted by Crippen LogP contribution is 2.33. The molecule has 126 valence electrons. The maximum atomic E-state index is 12.1. The second-order valence-electron chi connectivity index (χ2n) is 5.61. The first-order valence-electron chi connectivity index (χ1n) is 7.61. The number of hydrogen-bond donors (Lipinski definition) is 3. The maximum absolute atomic E-state index is 12.1. The number of amides is 1. The number of nitrogen functional groups attached to an aromatic ring is 1. The summed E-state index contributed by atoms with van der Waals surface area (Å²) in [5.41, 5.74) is 14.7. The molecule has 0 unspecified atom stereocenters. The number of benzene rings is 1. The van der Waals surface area contributed by atoms with Gasteiger partial charge in [0.15, 0.2) is 5.65 Å². The van der Waals surface area contributed by atoms with E-state index in [-0.39, 0.29) is 0 Å². The molecule has 1 amide bonds. The smallest absolute Gasteiger partial charge is 0.249 e. The maximum Gasteiger partial charge on any atom is 0.249 e. The van der Waals surface area contributed by atoms with Crippen molar-refractivity contribution in [2.45, 2.75) is 0 Å². The minimum absolute atomic E-state index is 0.317. The predicted octanol–water partition coefficient (Wildman–Crippen LogP) is 2.91. The Morgan fingerprint density at radius 2 is 2.12 bits per heavy atom. The van der Waals surface area contributed by atoms with Crippen LogP contribution in [-0.2, 0) is 0 Å². The normalized spacial score (nSPS) is 10.7. The Morgan fingerprint density at radius 1 is 1.27 bits per heavy atom. The summed E-state index contributed by atoms with van der Waals surface area (Å²) in [6, 6.07) is 12.5. The number of carbonyl (C=O) groups excluding carboxylic acids is 1. The quantitative estimate of drug-likeness (QED) is 0.483. The number of carbonyl (C=O) groups is 1. The minimum atomic E-state index is -0.575. The van der Waals surface area contributed by atoms with Crippen molar-refractivity contribution in [3.63, 3.8) is 0 Å². The Balaban J connectivity index is 1.97. The highest BCUT2D eigenvalue weighted by Gasteiger charge is 2.19. The molecular weight excluding hydrogens is 348 g/mol. The van der Waals surface area contributed by atoms with Crippen molar-refractivity contribution in [1.82, 2.24) is 15.2 Å². The number of nitrogens with two attached hydrogens (primary N) is 2. The highest BCUT2D eigenvalue weighted by molar-refractivity contribution is 7.13. The largest absolute Gasteiger partial charge is 0.398 e. The van der Waals surface area contributed by atoms with Crippen LogP contribution in [0.3, 0.4) is 0 Å². The van der Waals surface area contributed by atoms with Crippen LogP contribution in [0.5, 0.6) is 0 Å². The van der Waals surface area contributed by atoms with E-state index in [9.17, 15) is 10.1 Å². The SMILES string of the molecule is N#Cc1cc(-c2cc(C(N)=O)c3c(-c4cccs4)n[nH]c3n2)ccc1N. The summed E-state index contributed by atoms with van der Waals surface area (Å²) < 4.78 is 0. The number of fused-ring (bicyclic) bond motifs is 1. The van der Waals surface area contributed by atoms with E-state index in [1.165, 1.54) is 11.3 Å². The molecule has 0 radical (unpaired) electrons. The summed E-state index contributed by atoms with van der Waals surface area (Å²) in [6.45, 7) is 0. The molecule has 3 aromatic heterocycles. The van der Waals surface area contributed by atoms with Gasteiger partial charge < -0.3 is 11.5 Å². The van der Waals surface area contributed by atoms with Gasteiger partial charge in [-0.2, -0.15) is 10.4 Å². The molecule has 0 saturated carbocycles. The van der Waals surface area contributed by atoms with Crippen LogP contribution < -0.4 is 11.5 Å². The number of pyridine rings is 1. The first-order valence-corrected chi connectivity index (χ1v) is 8.49. The van der Waals surface area contributed by atoms with Crippen LogP contribution >= 0.6 is 11.3 Å². The lowest BCUT2D eigenvalue weighted by Gasteiger charge is -2.07. The Bertz CT molecular complexity index is 1190. The van der Waals surface area contributed by atoms with Crippen molar-refractivity contribution in [2.75, 3.05) is 5.73 Å². The van der Waals surface area contributed by atoms with Gasteiger partial charge in [0.1, 0.15) is 11.8 Å². The van der Waals surface area contributed by atoms with Crippen LogP contribution in [-0.4, -0.2) is 21.1 Å². The number of thiophene rings is 1. The van der Waals surface area contributed by atoms with E-state index in [1.54, 1.807) is 24.3 Å².